The molecule has 0 radical (unpaired) electrons. The van der Waals surface area contributed by atoms with Crippen LogP contribution in [0, 0.1) is 5.92 Å². The lowest BCUT2D eigenvalue weighted by Crippen LogP contribution is -2.38. The van der Waals surface area contributed by atoms with Crippen LogP contribution in [0.5, 0.6) is 0 Å². The zero-order valence-corrected chi connectivity index (χ0v) is 14.5. The Labute approximate surface area is 138 Å². The largest absolute Gasteiger partial charge is 0.355 e. The zero-order valence-electron chi connectivity index (χ0n) is 13.7. The minimum Gasteiger partial charge on any atom is -0.355 e. The predicted octanol–water partition coefficient (Wildman–Crippen LogP) is 2.22. The molecule has 23 heavy (non-hydrogen) atoms. The number of hydrogen-bond donors (Lipinski definition) is 2. The van der Waals surface area contributed by atoms with Crippen molar-refractivity contribution in [3.63, 3.8) is 0 Å². The molecule has 128 valence electrons. The van der Waals surface area contributed by atoms with E-state index in [0.717, 1.165) is 37.7 Å². The van der Waals surface area contributed by atoms with Crippen molar-refractivity contribution in [2.75, 3.05) is 13.1 Å². The van der Waals surface area contributed by atoms with Gasteiger partial charge in [-0.25, -0.2) is 13.1 Å². The third-order valence-corrected chi connectivity index (χ3v) is 5.81. The second kappa shape index (κ2) is 8.45. The van der Waals surface area contributed by atoms with Crippen molar-refractivity contribution in [1.29, 1.82) is 0 Å². The van der Waals surface area contributed by atoms with Gasteiger partial charge in [-0.1, -0.05) is 38.3 Å². The van der Waals surface area contributed by atoms with Crippen molar-refractivity contribution in [1.82, 2.24) is 10.0 Å². The molecule has 0 bridgehead atoms. The van der Waals surface area contributed by atoms with Crippen LogP contribution in [0.3, 0.4) is 0 Å². The first-order chi connectivity index (χ1) is 11.0. The number of carbonyl (C=O) groups is 1. The molecule has 2 N–H and O–H groups in total. The quantitative estimate of drug-likeness (QED) is 0.749. The van der Waals surface area contributed by atoms with Crippen molar-refractivity contribution in [3.8, 4) is 0 Å². The van der Waals surface area contributed by atoms with E-state index < -0.39 is 10.0 Å². The van der Waals surface area contributed by atoms with Crippen LogP contribution in [-0.2, 0) is 21.2 Å². The lowest BCUT2D eigenvalue weighted by Gasteiger charge is -2.20. The van der Waals surface area contributed by atoms with Crippen molar-refractivity contribution in [3.05, 3.63) is 29.8 Å². The Bertz CT molecular complexity index is 605. The van der Waals surface area contributed by atoms with Crippen LogP contribution in [-0.4, -0.2) is 27.4 Å². The number of aryl methyl sites for hydroxylation is 1. The maximum atomic E-state index is 12.2. The van der Waals surface area contributed by atoms with Gasteiger partial charge in [0, 0.05) is 19.0 Å². The SMILES string of the molecule is CCc1ccc(S(=O)(=O)NCCNC(=O)C2CCCCC2)cc1. The molecule has 0 unspecified atom stereocenters. The molecule has 1 amide bonds. The Kier molecular flexibility index (Phi) is 6.59. The fourth-order valence-corrected chi connectivity index (χ4v) is 3.90. The maximum absolute atomic E-state index is 12.2. The Morgan fingerprint density at radius 3 is 2.35 bits per heavy atom. The van der Waals surface area contributed by atoms with Crippen LogP contribution in [0.2, 0.25) is 0 Å². The molecular weight excluding hydrogens is 312 g/mol. The highest BCUT2D eigenvalue weighted by Gasteiger charge is 2.20. The van der Waals surface area contributed by atoms with E-state index in [0.29, 0.717) is 6.54 Å². The van der Waals surface area contributed by atoms with Gasteiger partial charge in [0.1, 0.15) is 0 Å². The van der Waals surface area contributed by atoms with Gasteiger partial charge in [0.25, 0.3) is 0 Å². The molecule has 2 rings (SSSR count). The summed E-state index contributed by atoms with van der Waals surface area (Å²) in [6.07, 6.45) is 6.20. The number of hydrogen-bond acceptors (Lipinski definition) is 3. The topological polar surface area (TPSA) is 75.3 Å². The van der Waals surface area contributed by atoms with E-state index in [1.54, 1.807) is 12.1 Å². The van der Waals surface area contributed by atoms with Gasteiger partial charge in [-0.2, -0.15) is 0 Å². The molecular formula is C17H26N2O3S. The molecule has 0 spiro atoms. The van der Waals surface area contributed by atoms with Gasteiger partial charge in [-0.05, 0) is 37.0 Å². The number of nitrogens with one attached hydrogen (secondary N) is 2. The molecule has 0 atom stereocenters. The van der Waals surface area contributed by atoms with Gasteiger partial charge in [0.15, 0.2) is 0 Å². The Hall–Kier alpha value is -1.40. The zero-order chi connectivity index (χ0) is 16.7. The summed E-state index contributed by atoms with van der Waals surface area (Å²) in [5.74, 6) is 0.151. The number of carbonyl (C=O) groups excluding carboxylic acids is 1. The molecule has 0 saturated heterocycles. The number of amides is 1. The minimum atomic E-state index is -3.51. The summed E-state index contributed by atoms with van der Waals surface area (Å²) in [6, 6.07) is 6.86. The number of benzene rings is 1. The van der Waals surface area contributed by atoms with Gasteiger partial charge in [-0.3, -0.25) is 4.79 Å². The summed E-state index contributed by atoms with van der Waals surface area (Å²) in [6.45, 7) is 2.55. The molecule has 0 aliphatic heterocycles. The average molecular weight is 338 g/mol. The van der Waals surface area contributed by atoms with E-state index >= 15 is 0 Å². The third kappa shape index (κ3) is 5.32. The first kappa shape index (κ1) is 17.9. The lowest BCUT2D eigenvalue weighted by molar-refractivity contribution is -0.125. The van der Waals surface area contributed by atoms with E-state index in [2.05, 4.69) is 10.0 Å². The summed E-state index contributed by atoms with van der Waals surface area (Å²) in [5.41, 5.74) is 1.10. The van der Waals surface area contributed by atoms with E-state index in [9.17, 15) is 13.2 Å². The lowest BCUT2D eigenvalue weighted by atomic mass is 9.89. The van der Waals surface area contributed by atoms with Crippen LogP contribution >= 0.6 is 0 Å². The standard InChI is InChI=1S/C17H26N2O3S/c1-2-14-8-10-16(11-9-14)23(21,22)19-13-12-18-17(20)15-6-4-3-5-7-15/h8-11,15,19H,2-7,12-13H2,1H3,(H,18,20). The van der Waals surface area contributed by atoms with E-state index in [1.807, 2.05) is 19.1 Å². The highest BCUT2D eigenvalue weighted by atomic mass is 32.2. The predicted molar refractivity (Wildman–Crippen MR) is 90.6 cm³/mol. The molecule has 1 aromatic carbocycles. The average Bonchev–Trinajstić information content (AvgIpc) is 2.59. The Balaban J connectivity index is 1.76. The Morgan fingerprint density at radius 2 is 1.74 bits per heavy atom. The van der Waals surface area contributed by atoms with E-state index in [-0.39, 0.29) is 23.3 Å². The normalized spacial score (nSPS) is 16.2. The van der Waals surface area contributed by atoms with Crippen molar-refractivity contribution in [2.45, 2.75) is 50.3 Å². The number of rotatable bonds is 7. The highest BCUT2D eigenvalue weighted by Crippen LogP contribution is 2.23. The van der Waals surface area contributed by atoms with E-state index in [4.69, 9.17) is 0 Å². The highest BCUT2D eigenvalue weighted by molar-refractivity contribution is 7.89. The Morgan fingerprint density at radius 1 is 1.09 bits per heavy atom. The van der Waals surface area contributed by atoms with Crippen LogP contribution < -0.4 is 10.0 Å². The molecule has 5 nitrogen and oxygen atoms in total. The summed E-state index contributed by atoms with van der Waals surface area (Å²) in [5, 5.41) is 2.83. The summed E-state index contributed by atoms with van der Waals surface area (Å²) in [4.78, 5) is 12.2. The molecule has 6 heteroatoms. The van der Waals surface area contributed by atoms with E-state index in [1.165, 1.54) is 6.42 Å². The molecule has 1 aromatic rings. The molecule has 1 fully saturated rings. The second-order valence-electron chi connectivity index (χ2n) is 6.02. The third-order valence-electron chi connectivity index (χ3n) is 4.33. The van der Waals surface area contributed by atoms with Gasteiger partial charge >= 0.3 is 0 Å². The molecule has 1 aliphatic rings. The van der Waals surface area contributed by atoms with Crippen LogP contribution in [0.25, 0.3) is 0 Å². The first-order valence-corrected chi connectivity index (χ1v) is 9.87. The van der Waals surface area contributed by atoms with Crippen LogP contribution in [0.4, 0.5) is 0 Å². The fraction of sp³-hybridized carbons (Fsp3) is 0.588. The van der Waals surface area contributed by atoms with Crippen molar-refractivity contribution < 1.29 is 13.2 Å². The van der Waals surface area contributed by atoms with Crippen molar-refractivity contribution >= 4 is 15.9 Å². The summed E-state index contributed by atoms with van der Waals surface area (Å²) >= 11 is 0. The molecule has 0 aromatic heterocycles. The van der Waals surface area contributed by atoms with Gasteiger partial charge in [0.05, 0.1) is 4.90 Å². The summed E-state index contributed by atoms with van der Waals surface area (Å²) < 4.78 is 26.8. The fourth-order valence-electron chi connectivity index (χ4n) is 2.87. The minimum absolute atomic E-state index is 0.0520. The molecule has 1 saturated carbocycles. The smallest absolute Gasteiger partial charge is 0.240 e. The van der Waals surface area contributed by atoms with Crippen LogP contribution in [0.1, 0.15) is 44.6 Å². The number of sulfonamides is 1. The van der Waals surface area contributed by atoms with Gasteiger partial charge < -0.3 is 5.32 Å². The monoisotopic (exact) mass is 338 g/mol. The second-order valence-corrected chi connectivity index (χ2v) is 7.79. The van der Waals surface area contributed by atoms with Gasteiger partial charge in [0.2, 0.25) is 15.9 Å². The molecule has 0 heterocycles. The van der Waals surface area contributed by atoms with Gasteiger partial charge in [-0.15, -0.1) is 0 Å². The summed E-state index contributed by atoms with van der Waals surface area (Å²) in [7, 11) is -3.51. The first-order valence-electron chi connectivity index (χ1n) is 8.39. The maximum Gasteiger partial charge on any atom is 0.240 e. The van der Waals surface area contributed by atoms with Crippen LogP contribution in [0.15, 0.2) is 29.2 Å². The van der Waals surface area contributed by atoms with Crippen molar-refractivity contribution in [2.24, 2.45) is 5.92 Å². The molecule has 1 aliphatic carbocycles.